The number of benzene rings is 9. The highest BCUT2D eigenvalue weighted by Crippen LogP contribution is 2.53. The van der Waals surface area contributed by atoms with Crippen LogP contribution in [0.2, 0.25) is 0 Å². The molecule has 11 aromatic rings. The number of fused-ring (bicyclic) bond motifs is 8. The van der Waals surface area contributed by atoms with Gasteiger partial charge in [0, 0.05) is 32.9 Å². The molecule has 0 N–H and O–H groups in total. The summed E-state index contributed by atoms with van der Waals surface area (Å²) in [7, 11) is 0. The average Bonchev–Trinajstić information content (AvgIpc) is 3.77. The maximum Gasteiger partial charge on any atom is 0.160 e. The average molecular weight is 767 g/mol. The number of rotatable bonds is 5. The van der Waals surface area contributed by atoms with Gasteiger partial charge >= 0.3 is 0 Å². The second-order valence-corrected chi connectivity index (χ2v) is 16.6. The highest BCUT2D eigenvalue weighted by atomic mass is 16.3. The minimum Gasteiger partial charge on any atom is -0.456 e. The van der Waals surface area contributed by atoms with Crippen LogP contribution < -0.4 is 0 Å². The van der Waals surface area contributed by atoms with Gasteiger partial charge in [0.2, 0.25) is 0 Å². The van der Waals surface area contributed by atoms with E-state index in [1.54, 1.807) is 0 Å². The molecular formula is C57H38N2O. The summed E-state index contributed by atoms with van der Waals surface area (Å²) in [4.78, 5) is 10.5. The van der Waals surface area contributed by atoms with E-state index in [0.29, 0.717) is 5.82 Å². The van der Waals surface area contributed by atoms with Crippen LogP contribution in [0.1, 0.15) is 25.0 Å². The predicted octanol–water partition coefficient (Wildman–Crippen LogP) is 15.3. The van der Waals surface area contributed by atoms with Crippen molar-refractivity contribution in [1.82, 2.24) is 9.97 Å². The third-order valence-electron chi connectivity index (χ3n) is 12.6. The van der Waals surface area contributed by atoms with Gasteiger partial charge in [-0.2, -0.15) is 0 Å². The second-order valence-electron chi connectivity index (χ2n) is 16.6. The smallest absolute Gasteiger partial charge is 0.160 e. The summed E-state index contributed by atoms with van der Waals surface area (Å²) in [6, 6.07) is 69.6. The van der Waals surface area contributed by atoms with Gasteiger partial charge in [-0.25, -0.2) is 9.97 Å². The molecule has 1 aliphatic rings. The Morgan fingerprint density at radius 3 is 1.68 bits per heavy atom. The van der Waals surface area contributed by atoms with Crippen LogP contribution in [-0.2, 0) is 5.41 Å². The van der Waals surface area contributed by atoms with Gasteiger partial charge < -0.3 is 4.42 Å². The SMILES string of the molecule is CC1(C)c2cc3ccccc3cc2-c2c(-c3cccc(-c4cc(-c5cccc(-c6ccc7oc8cc9ccccc9cc8c7c6)c5)nc(-c5ccccc5)n4)c3)cccc21. The predicted molar refractivity (Wildman–Crippen MR) is 249 cm³/mol. The van der Waals surface area contributed by atoms with Crippen LogP contribution in [0.15, 0.2) is 199 Å². The first kappa shape index (κ1) is 34.4. The first-order valence-corrected chi connectivity index (χ1v) is 20.6. The molecule has 9 aromatic carbocycles. The Morgan fingerprint density at radius 2 is 0.933 bits per heavy atom. The number of aromatic nitrogens is 2. The van der Waals surface area contributed by atoms with Gasteiger partial charge in [-0.05, 0) is 121 Å². The van der Waals surface area contributed by atoms with Gasteiger partial charge in [0.05, 0.1) is 11.4 Å². The van der Waals surface area contributed by atoms with Crippen LogP contribution in [-0.4, -0.2) is 9.97 Å². The number of hydrogen-bond acceptors (Lipinski definition) is 3. The molecule has 2 heterocycles. The van der Waals surface area contributed by atoms with Crippen molar-refractivity contribution in [3.8, 4) is 67.3 Å². The van der Waals surface area contributed by atoms with Crippen LogP contribution in [0.3, 0.4) is 0 Å². The molecule has 282 valence electrons. The Hall–Kier alpha value is -7.62. The maximum atomic E-state index is 6.34. The van der Waals surface area contributed by atoms with E-state index >= 15 is 0 Å². The Labute approximate surface area is 348 Å². The van der Waals surface area contributed by atoms with Gasteiger partial charge in [-0.1, -0.05) is 153 Å². The molecule has 2 aromatic heterocycles. The first-order valence-electron chi connectivity index (χ1n) is 20.6. The van der Waals surface area contributed by atoms with Crippen LogP contribution in [0, 0.1) is 0 Å². The van der Waals surface area contributed by atoms with Crippen LogP contribution in [0.25, 0.3) is 111 Å². The molecule has 60 heavy (non-hydrogen) atoms. The molecule has 3 nitrogen and oxygen atoms in total. The van der Waals surface area contributed by atoms with Crippen molar-refractivity contribution >= 4 is 43.5 Å². The summed E-state index contributed by atoms with van der Waals surface area (Å²) in [5.74, 6) is 0.695. The molecule has 12 rings (SSSR count). The van der Waals surface area contributed by atoms with Crippen molar-refractivity contribution in [3.05, 3.63) is 205 Å². The highest BCUT2D eigenvalue weighted by molar-refractivity contribution is 6.11. The topological polar surface area (TPSA) is 38.9 Å². The fourth-order valence-corrected chi connectivity index (χ4v) is 9.52. The summed E-state index contributed by atoms with van der Waals surface area (Å²) >= 11 is 0. The molecule has 0 unspecified atom stereocenters. The summed E-state index contributed by atoms with van der Waals surface area (Å²) in [6.45, 7) is 4.71. The van der Waals surface area contributed by atoms with Crippen LogP contribution >= 0.6 is 0 Å². The molecule has 0 spiro atoms. The molecule has 3 heteroatoms. The summed E-state index contributed by atoms with van der Waals surface area (Å²) < 4.78 is 6.34. The lowest BCUT2D eigenvalue weighted by Crippen LogP contribution is -2.14. The van der Waals surface area contributed by atoms with Crippen molar-refractivity contribution in [2.75, 3.05) is 0 Å². The Bertz CT molecular complexity index is 3520. The van der Waals surface area contributed by atoms with Crippen molar-refractivity contribution in [2.24, 2.45) is 0 Å². The van der Waals surface area contributed by atoms with Crippen molar-refractivity contribution in [3.63, 3.8) is 0 Å². The largest absolute Gasteiger partial charge is 0.456 e. The number of furan rings is 1. The van der Waals surface area contributed by atoms with E-state index in [9.17, 15) is 0 Å². The standard InChI is InChI=1S/C57H38N2O/c1-57(2)49-24-12-23-45(55(49)48-31-38-16-6-8-17-39(38)32-50(48)57)42-20-11-22-44(28-42)52-34-51(58-56(59-52)35-13-4-3-5-14-35)43-21-10-19-36(27-43)41-25-26-53-46(30-41)47-29-37-15-7-9-18-40(37)33-54(47)60-53/h3-34H,1-2H3. The third-order valence-corrected chi connectivity index (χ3v) is 12.6. The zero-order valence-corrected chi connectivity index (χ0v) is 33.3. The van der Waals surface area contributed by atoms with E-state index in [1.807, 2.05) is 18.2 Å². The van der Waals surface area contributed by atoms with Crippen molar-refractivity contribution < 1.29 is 4.42 Å². The van der Waals surface area contributed by atoms with Crippen LogP contribution in [0.5, 0.6) is 0 Å². The molecular weight excluding hydrogens is 729 g/mol. The van der Waals surface area contributed by atoms with Gasteiger partial charge in [0.15, 0.2) is 5.82 Å². The number of nitrogens with zero attached hydrogens (tertiary/aromatic N) is 2. The minimum atomic E-state index is -0.115. The van der Waals surface area contributed by atoms with Crippen molar-refractivity contribution in [2.45, 2.75) is 19.3 Å². The first-order chi connectivity index (χ1) is 29.4. The van der Waals surface area contributed by atoms with E-state index in [-0.39, 0.29) is 5.41 Å². The summed E-state index contributed by atoms with van der Waals surface area (Å²) in [5.41, 5.74) is 16.5. The minimum absolute atomic E-state index is 0.115. The Balaban J connectivity index is 0.974. The van der Waals surface area contributed by atoms with Gasteiger partial charge in [-0.15, -0.1) is 0 Å². The molecule has 0 atom stereocenters. The lowest BCUT2D eigenvalue weighted by molar-refractivity contribution is 0.661. The normalized spacial score (nSPS) is 13.0. The molecule has 0 radical (unpaired) electrons. The fraction of sp³-hybridized carbons (Fsp3) is 0.0526. The quantitative estimate of drug-likeness (QED) is 0.175. The molecule has 0 amide bonds. The van der Waals surface area contributed by atoms with E-state index in [1.165, 1.54) is 54.9 Å². The van der Waals surface area contributed by atoms with Gasteiger partial charge in [0.1, 0.15) is 11.2 Å². The maximum absolute atomic E-state index is 6.34. The van der Waals surface area contributed by atoms with Crippen LogP contribution in [0.4, 0.5) is 0 Å². The molecule has 0 saturated heterocycles. The zero-order chi connectivity index (χ0) is 40.0. The third kappa shape index (κ3) is 5.51. The lowest BCUT2D eigenvalue weighted by Gasteiger charge is -2.22. The van der Waals surface area contributed by atoms with Gasteiger partial charge in [-0.3, -0.25) is 0 Å². The Morgan fingerprint density at radius 1 is 0.367 bits per heavy atom. The summed E-state index contributed by atoms with van der Waals surface area (Å²) in [5, 5.41) is 7.16. The molecule has 1 aliphatic carbocycles. The van der Waals surface area contributed by atoms with E-state index < -0.39 is 0 Å². The zero-order valence-electron chi connectivity index (χ0n) is 33.3. The number of hydrogen-bond donors (Lipinski definition) is 0. The van der Waals surface area contributed by atoms with Crippen molar-refractivity contribution in [1.29, 1.82) is 0 Å². The highest BCUT2D eigenvalue weighted by Gasteiger charge is 2.37. The summed E-state index contributed by atoms with van der Waals surface area (Å²) in [6.07, 6.45) is 0. The second kappa shape index (κ2) is 13.2. The van der Waals surface area contributed by atoms with Gasteiger partial charge in [0.25, 0.3) is 0 Å². The monoisotopic (exact) mass is 766 g/mol. The molecule has 0 fully saturated rings. The fourth-order valence-electron chi connectivity index (χ4n) is 9.52. The Kier molecular flexibility index (Phi) is 7.58. The van der Waals surface area contributed by atoms with E-state index in [2.05, 4.69) is 190 Å². The molecule has 0 aliphatic heterocycles. The lowest BCUT2D eigenvalue weighted by atomic mass is 9.81. The molecule has 0 bridgehead atoms. The van der Waals surface area contributed by atoms with E-state index in [0.717, 1.165) is 61.1 Å². The van der Waals surface area contributed by atoms with E-state index in [4.69, 9.17) is 14.4 Å². The molecule has 0 saturated carbocycles.